The lowest BCUT2D eigenvalue weighted by Gasteiger charge is -2.31. The summed E-state index contributed by atoms with van der Waals surface area (Å²) in [6, 6.07) is 6.31. The molecule has 1 aromatic rings. The van der Waals surface area contributed by atoms with Gasteiger partial charge >= 0.3 is 0 Å². The molecule has 0 amide bonds. The van der Waals surface area contributed by atoms with Crippen LogP contribution in [0.2, 0.25) is 0 Å². The van der Waals surface area contributed by atoms with Gasteiger partial charge in [0, 0.05) is 6.04 Å². The Kier molecular flexibility index (Phi) is 5.67. The highest BCUT2D eigenvalue weighted by molar-refractivity contribution is 5.42. The molecule has 0 saturated heterocycles. The Morgan fingerprint density at radius 1 is 1.21 bits per heavy atom. The van der Waals surface area contributed by atoms with Crippen molar-refractivity contribution in [2.75, 3.05) is 20.3 Å². The summed E-state index contributed by atoms with van der Waals surface area (Å²) in [5.41, 5.74) is 1.33. The van der Waals surface area contributed by atoms with Crippen molar-refractivity contribution >= 4 is 0 Å². The van der Waals surface area contributed by atoms with Crippen molar-refractivity contribution in [1.29, 1.82) is 0 Å². The maximum absolute atomic E-state index is 5.94. The first kappa shape index (κ1) is 15.8. The Hall–Kier alpha value is -1.22. The summed E-state index contributed by atoms with van der Waals surface area (Å²) in [5.74, 6) is 1.60. The number of likely N-dealkylation sites (N-methyl/N-ethyl adjacent to an activating group) is 1. The first-order valence-electron chi connectivity index (χ1n) is 6.89. The quantitative estimate of drug-likeness (QED) is 0.855. The molecule has 0 fully saturated rings. The SMILES string of the molecule is CCNC(COc1ccc(C)cc1OC)C(C)(C)C. The van der Waals surface area contributed by atoms with Crippen LogP contribution in [-0.2, 0) is 0 Å². The van der Waals surface area contributed by atoms with Crippen LogP contribution in [0.25, 0.3) is 0 Å². The van der Waals surface area contributed by atoms with Crippen LogP contribution < -0.4 is 14.8 Å². The van der Waals surface area contributed by atoms with Crippen LogP contribution in [0.4, 0.5) is 0 Å². The molecular weight excluding hydrogens is 238 g/mol. The van der Waals surface area contributed by atoms with Gasteiger partial charge in [0.1, 0.15) is 6.61 Å². The van der Waals surface area contributed by atoms with Gasteiger partial charge in [0.05, 0.1) is 7.11 Å². The molecule has 0 aliphatic heterocycles. The zero-order valence-corrected chi connectivity index (χ0v) is 13.0. The smallest absolute Gasteiger partial charge is 0.161 e. The minimum atomic E-state index is 0.161. The average molecular weight is 265 g/mol. The molecule has 0 aromatic heterocycles. The van der Waals surface area contributed by atoms with Crippen LogP contribution in [0.15, 0.2) is 18.2 Å². The topological polar surface area (TPSA) is 30.5 Å². The summed E-state index contributed by atoms with van der Waals surface area (Å²) in [6.07, 6.45) is 0. The van der Waals surface area contributed by atoms with Gasteiger partial charge in [-0.3, -0.25) is 0 Å². The molecular formula is C16H27NO2. The molecule has 0 aliphatic rings. The number of hydrogen-bond donors (Lipinski definition) is 1. The second-order valence-corrected chi connectivity index (χ2v) is 5.94. The number of aryl methyl sites for hydroxylation is 1. The molecule has 19 heavy (non-hydrogen) atoms. The normalized spacial score (nSPS) is 13.2. The Bertz CT molecular complexity index is 396. The Balaban J connectivity index is 2.74. The number of ether oxygens (including phenoxy) is 2. The van der Waals surface area contributed by atoms with Gasteiger partial charge in [-0.1, -0.05) is 33.8 Å². The van der Waals surface area contributed by atoms with Crippen molar-refractivity contribution in [2.45, 2.75) is 40.7 Å². The summed E-state index contributed by atoms with van der Waals surface area (Å²) >= 11 is 0. The Morgan fingerprint density at radius 2 is 1.89 bits per heavy atom. The summed E-state index contributed by atoms with van der Waals surface area (Å²) in [7, 11) is 1.67. The van der Waals surface area contributed by atoms with E-state index in [1.807, 2.05) is 25.1 Å². The van der Waals surface area contributed by atoms with Crippen LogP contribution in [0, 0.1) is 12.3 Å². The third-order valence-corrected chi connectivity index (χ3v) is 3.22. The van der Waals surface area contributed by atoms with E-state index in [0.29, 0.717) is 12.6 Å². The van der Waals surface area contributed by atoms with E-state index in [9.17, 15) is 0 Å². The van der Waals surface area contributed by atoms with Crippen molar-refractivity contribution < 1.29 is 9.47 Å². The van der Waals surface area contributed by atoms with Crippen LogP contribution in [0.3, 0.4) is 0 Å². The van der Waals surface area contributed by atoms with Crippen molar-refractivity contribution in [3.8, 4) is 11.5 Å². The summed E-state index contributed by atoms with van der Waals surface area (Å²) in [4.78, 5) is 0. The highest BCUT2D eigenvalue weighted by Gasteiger charge is 2.24. The number of rotatable bonds is 6. The fraction of sp³-hybridized carbons (Fsp3) is 0.625. The first-order chi connectivity index (χ1) is 8.88. The first-order valence-corrected chi connectivity index (χ1v) is 6.89. The molecule has 0 bridgehead atoms. The Labute approximate surface area is 117 Å². The molecule has 1 unspecified atom stereocenters. The molecule has 0 heterocycles. The highest BCUT2D eigenvalue weighted by atomic mass is 16.5. The minimum Gasteiger partial charge on any atom is -0.493 e. The second-order valence-electron chi connectivity index (χ2n) is 5.94. The fourth-order valence-electron chi connectivity index (χ4n) is 1.93. The lowest BCUT2D eigenvalue weighted by molar-refractivity contribution is 0.172. The molecule has 1 atom stereocenters. The van der Waals surface area contributed by atoms with Crippen LogP contribution in [-0.4, -0.2) is 26.3 Å². The third-order valence-electron chi connectivity index (χ3n) is 3.22. The molecule has 108 valence electrons. The monoisotopic (exact) mass is 265 g/mol. The molecule has 0 spiro atoms. The van der Waals surface area contributed by atoms with Crippen molar-refractivity contribution in [1.82, 2.24) is 5.32 Å². The third kappa shape index (κ3) is 4.75. The van der Waals surface area contributed by atoms with Gasteiger partial charge in [-0.05, 0) is 36.6 Å². The molecule has 1 rings (SSSR count). The van der Waals surface area contributed by atoms with Gasteiger partial charge in [-0.2, -0.15) is 0 Å². The average Bonchev–Trinajstić information content (AvgIpc) is 2.34. The fourth-order valence-corrected chi connectivity index (χ4v) is 1.93. The molecule has 3 heteroatoms. The maximum atomic E-state index is 5.94. The van der Waals surface area contributed by atoms with E-state index < -0.39 is 0 Å². The molecule has 0 aliphatic carbocycles. The van der Waals surface area contributed by atoms with Gasteiger partial charge in [0.2, 0.25) is 0 Å². The number of benzene rings is 1. The molecule has 0 saturated carbocycles. The highest BCUT2D eigenvalue weighted by Crippen LogP contribution is 2.29. The van der Waals surface area contributed by atoms with Crippen molar-refractivity contribution in [2.24, 2.45) is 5.41 Å². The Morgan fingerprint density at radius 3 is 2.42 bits per heavy atom. The lowest BCUT2D eigenvalue weighted by Crippen LogP contribution is -2.44. The molecule has 0 radical (unpaired) electrons. The van der Waals surface area contributed by atoms with Crippen LogP contribution in [0.5, 0.6) is 11.5 Å². The molecule has 1 aromatic carbocycles. The maximum Gasteiger partial charge on any atom is 0.161 e. The minimum absolute atomic E-state index is 0.161. The summed E-state index contributed by atoms with van der Waals surface area (Å²) in [5, 5.41) is 3.48. The largest absolute Gasteiger partial charge is 0.493 e. The summed E-state index contributed by atoms with van der Waals surface area (Å²) < 4.78 is 11.3. The number of nitrogens with one attached hydrogen (secondary N) is 1. The number of methoxy groups -OCH3 is 1. The zero-order valence-electron chi connectivity index (χ0n) is 13.0. The van der Waals surface area contributed by atoms with Gasteiger partial charge in [-0.25, -0.2) is 0 Å². The van der Waals surface area contributed by atoms with E-state index in [4.69, 9.17) is 9.47 Å². The van der Waals surface area contributed by atoms with E-state index in [-0.39, 0.29) is 5.41 Å². The van der Waals surface area contributed by atoms with E-state index in [2.05, 4.69) is 33.0 Å². The predicted octanol–water partition coefficient (Wildman–Crippen LogP) is 3.41. The van der Waals surface area contributed by atoms with Crippen LogP contribution >= 0.6 is 0 Å². The van der Waals surface area contributed by atoms with Gasteiger partial charge in [0.15, 0.2) is 11.5 Å². The standard InChI is InChI=1S/C16H27NO2/c1-7-17-15(16(3,4)5)11-19-13-9-8-12(2)10-14(13)18-6/h8-10,15,17H,7,11H2,1-6H3. The van der Waals surface area contributed by atoms with Gasteiger partial charge in [-0.15, -0.1) is 0 Å². The molecule has 3 nitrogen and oxygen atoms in total. The second kappa shape index (κ2) is 6.80. The van der Waals surface area contributed by atoms with Gasteiger partial charge in [0.25, 0.3) is 0 Å². The lowest BCUT2D eigenvalue weighted by atomic mass is 9.87. The van der Waals surface area contributed by atoms with E-state index >= 15 is 0 Å². The zero-order chi connectivity index (χ0) is 14.5. The van der Waals surface area contributed by atoms with E-state index in [0.717, 1.165) is 18.0 Å². The van der Waals surface area contributed by atoms with E-state index in [1.54, 1.807) is 7.11 Å². The van der Waals surface area contributed by atoms with Crippen molar-refractivity contribution in [3.63, 3.8) is 0 Å². The van der Waals surface area contributed by atoms with E-state index in [1.165, 1.54) is 5.56 Å². The predicted molar refractivity (Wildman–Crippen MR) is 80.1 cm³/mol. The van der Waals surface area contributed by atoms with Crippen LogP contribution in [0.1, 0.15) is 33.3 Å². The van der Waals surface area contributed by atoms with Crippen molar-refractivity contribution in [3.05, 3.63) is 23.8 Å². The number of hydrogen-bond acceptors (Lipinski definition) is 3. The summed E-state index contributed by atoms with van der Waals surface area (Å²) in [6.45, 7) is 12.4. The van der Waals surface area contributed by atoms with Gasteiger partial charge < -0.3 is 14.8 Å². The molecule has 1 N–H and O–H groups in total.